The Kier molecular flexibility index (Phi) is 5.32. The van der Waals surface area contributed by atoms with E-state index in [2.05, 4.69) is 23.8 Å². The van der Waals surface area contributed by atoms with E-state index < -0.39 is 0 Å². The van der Waals surface area contributed by atoms with Gasteiger partial charge in [0.2, 0.25) is 0 Å². The largest absolute Gasteiger partial charge is 0.381 e. The predicted octanol–water partition coefficient (Wildman–Crippen LogP) is 1.14. The number of rotatable bonds is 4. The van der Waals surface area contributed by atoms with Crippen LogP contribution in [0.25, 0.3) is 0 Å². The minimum atomic E-state index is 0.515. The zero-order valence-electron chi connectivity index (χ0n) is 10.3. The second-order valence-electron chi connectivity index (χ2n) is 4.64. The predicted molar refractivity (Wildman–Crippen MR) is 67.4 cm³/mol. The van der Waals surface area contributed by atoms with Crippen molar-refractivity contribution in [2.45, 2.75) is 20.3 Å². The molecule has 16 heavy (non-hydrogen) atoms. The van der Waals surface area contributed by atoms with E-state index in [1.165, 1.54) is 0 Å². The minimum Gasteiger partial charge on any atom is -0.381 e. The smallest absolute Gasteiger partial charge is 0.188 e. The van der Waals surface area contributed by atoms with Crippen LogP contribution in [-0.2, 0) is 4.74 Å². The average Bonchev–Trinajstić information content (AvgIpc) is 2.25. The number of aliphatic imine (C=N–C) groups is 1. The Morgan fingerprint density at radius 3 is 3.00 bits per heavy atom. The van der Waals surface area contributed by atoms with Crippen LogP contribution in [0.2, 0.25) is 0 Å². The van der Waals surface area contributed by atoms with Crippen LogP contribution in [0.5, 0.6) is 0 Å². The third kappa shape index (κ3) is 4.66. The van der Waals surface area contributed by atoms with Gasteiger partial charge in [0.05, 0.1) is 6.54 Å². The average molecular weight is 225 g/mol. The van der Waals surface area contributed by atoms with Crippen molar-refractivity contribution < 1.29 is 4.74 Å². The van der Waals surface area contributed by atoms with Gasteiger partial charge in [0.25, 0.3) is 0 Å². The van der Waals surface area contributed by atoms with Gasteiger partial charge in [-0.2, -0.15) is 0 Å². The molecule has 0 bridgehead atoms. The van der Waals surface area contributed by atoms with Gasteiger partial charge in [-0.1, -0.05) is 19.1 Å². The normalized spacial score (nSPS) is 26.5. The maximum absolute atomic E-state index is 5.75. The highest BCUT2D eigenvalue weighted by Crippen LogP contribution is 2.20. The number of nitrogens with two attached hydrogens (primary N) is 1. The number of hydrogen-bond donors (Lipinski definition) is 2. The molecule has 1 aliphatic heterocycles. The molecular formula is C12H23N3O. The molecule has 1 rings (SSSR count). The van der Waals surface area contributed by atoms with E-state index in [1.54, 1.807) is 0 Å². The van der Waals surface area contributed by atoms with Gasteiger partial charge in [-0.25, -0.2) is 4.99 Å². The molecule has 1 aliphatic rings. The van der Waals surface area contributed by atoms with Crippen LogP contribution in [0.3, 0.4) is 0 Å². The van der Waals surface area contributed by atoms with Gasteiger partial charge >= 0.3 is 0 Å². The summed E-state index contributed by atoms with van der Waals surface area (Å²) in [4.78, 5) is 4.19. The van der Waals surface area contributed by atoms with E-state index in [9.17, 15) is 0 Å². The summed E-state index contributed by atoms with van der Waals surface area (Å²) in [6.07, 6.45) is 1.10. The van der Waals surface area contributed by atoms with Gasteiger partial charge in [-0.3, -0.25) is 0 Å². The van der Waals surface area contributed by atoms with Gasteiger partial charge in [0.15, 0.2) is 5.96 Å². The Balaban J connectivity index is 2.27. The lowest BCUT2D eigenvalue weighted by Gasteiger charge is -2.29. The van der Waals surface area contributed by atoms with Gasteiger partial charge in [-0.15, -0.1) is 0 Å². The first-order valence-electron chi connectivity index (χ1n) is 5.85. The lowest BCUT2D eigenvalue weighted by Crippen LogP contribution is -2.39. The van der Waals surface area contributed by atoms with Crippen molar-refractivity contribution in [2.24, 2.45) is 22.6 Å². The molecule has 2 atom stereocenters. The number of nitrogens with one attached hydrogen (secondary N) is 1. The van der Waals surface area contributed by atoms with Crippen molar-refractivity contribution in [1.29, 1.82) is 0 Å². The van der Waals surface area contributed by atoms with Crippen LogP contribution in [0.1, 0.15) is 20.3 Å². The summed E-state index contributed by atoms with van der Waals surface area (Å²) in [6, 6.07) is 0. The van der Waals surface area contributed by atoms with Crippen molar-refractivity contribution in [3.05, 3.63) is 12.2 Å². The summed E-state index contributed by atoms with van der Waals surface area (Å²) in [5.74, 6) is 1.74. The molecule has 1 saturated heterocycles. The highest BCUT2D eigenvalue weighted by atomic mass is 16.5. The summed E-state index contributed by atoms with van der Waals surface area (Å²) in [5, 5.41) is 3.17. The SMILES string of the molecule is C=C(C)CN=C(N)NCC1CCOCC1C. The summed E-state index contributed by atoms with van der Waals surface area (Å²) in [5.41, 5.74) is 6.77. The maximum atomic E-state index is 5.75. The van der Waals surface area contributed by atoms with Gasteiger partial charge < -0.3 is 15.8 Å². The van der Waals surface area contributed by atoms with E-state index in [0.717, 1.165) is 31.8 Å². The summed E-state index contributed by atoms with van der Waals surface area (Å²) in [6.45, 7) is 11.1. The van der Waals surface area contributed by atoms with E-state index in [1.807, 2.05) is 6.92 Å². The highest BCUT2D eigenvalue weighted by Gasteiger charge is 2.21. The fourth-order valence-electron chi connectivity index (χ4n) is 1.74. The number of ether oxygens (including phenoxy) is 1. The molecule has 4 heteroatoms. The fraction of sp³-hybridized carbons (Fsp3) is 0.750. The van der Waals surface area contributed by atoms with E-state index in [-0.39, 0.29) is 0 Å². The zero-order chi connectivity index (χ0) is 12.0. The Labute approximate surface area is 98.0 Å². The summed E-state index contributed by atoms with van der Waals surface area (Å²) in [7, 11) is 0. The fourth-order valence-corrected chi connectivity index (χ4v) is 1.74. The Morgan fingerprint density at radius 1 is 1.62 bits per heavy atom. The maximum Gasteiger partial charge on any atom is 0.188 e. The molecule has 1 fully saturated rings. The quantitative estimate of drug-likeness (QED) is 0.428. The molecule has 0 aromatic rings. The summed E-state index contributed by atoms with van der Waals surface area (Å²) >= 11 is 0. The molecule has 92 valence electrons. The third-order valence-corrected chi connectivity index (χ3v) is 2.88. The molecule has 0 amide bonds. The van der Waals surface area contributed by atoms with E-state index >= 15 is 0 Å². The highest BCUT2D eigenvalue weighted by molar-refractivity contribution is 5.77. The van der Waals surface area contributed by atoms with Crippen LogP contribution in [0.15, 0.2) is 17.1 Å². The molecule has 2 unspecified atom stereocenters. The molecule has 4 nitrogen and oxygen atoms in total. The monoisotopic (exact) mass is 225 g/mol. The Hall–Kier alpha value is -1.03. The minimum absolute atomic E-state index is 0.515. The summed E-state index contributed by atoms with van der Waals surface area (Å²) < 4.78 is 5.40. The molecule has 3 N–H and O–H groups in total. The van der Waals surface area contributed by atoms with Crippen molar-refractivity contribution in [1.82, 2.24) is 5.32 Å². The van der Waals surface area contributed by atoms with Crippen LogP contribution in [-0.4, -0.2) is 32.3 Å². The molecular weight excluding hydrogens is 202 g/mol. The van der Waals surface area contributed by atoms with Crippen molar-refractivity contribution in [3.8, 4) is 0 Å². The van der Waals surface area contributed by atoms with Crippen molar-refractivity contribution in [2.75, 3.05) is 26.3 Å². The number of guanidine groups is 1. The molecule has 1 heterocycles. The first-order valence-corrected chi connectivity index (χ1v) is 5.85. The molecule has 0 radical (unpaired) electrons. The van der Waals surface area contributed by atoms with Crippen LogP contribution in [0.4, 0.5) is 0 Å². The third-order valence-electron chi connectivity index (χ3n) is 2.88. The van der Waals surface area contributed by atoms with Crippen LogP contribution in [0, 0.1) is 11.8 Å². The van der Waals surface area contributed by atoms with Crippen LogP contribution < -0.4 is 11.1 Å². The van der Waals surface area contributed by atoms with Gasteiger partial charge in [-0.05, 0) is 25.2 Å². The second kappa shape index (κ2) is 6.53. The first-order chi connectivity index (χ1) is 7.59. The number of hydrogen-bond acceptors (Lipinski definition) is 2. The molecule has 0 aromatic heterocycles. The van der Waals surface area contributed by atoms with Crippen molar-refractivity contribution in [3.63, 3.8) is 0 Å². The van der Waals surface area contributed by atoms with Crippen LogP contribution >= 0.6 is 0 Å². The standard InChI is InChI=1S/C12H23N3O/c1-9(2)6-14-12(13)15-7-11-4-5-16-8-10(11)3/h10-11H,1,4-8H2,2-3H3,(H3,13,14,15). The zero-order valence-corrected chi connectivity index (χ0v) is 10.3. The molecule has 0 saturated carbocycles. The lowest BCUT2D eigenvalue weighted by molar-refractivity contribution is 0.0258. The van der Waals surface area contributed by atoms with E-state index in [0.29, 0.717) is 24.3 Å². The van der Waals surface area contributed by atoms with Gasteiger partial charge in [0, 0.05) is 19.8 Å². The van der Waals surface area contributed by atoms with Crippen molar-refractivity contribution >= 4 is 5.96 Å². The van der Waals surface area contributed by atoms with Gasteiger partial charge in [0.1, 0.15) is 0 Å². The molecule has 0 aliphatic carbocycles. The Morgan fingerprint density at radius 2 is 2.38 bits per heavy atom. The number of nitrogens with zero attached hydrogens (tertiary/aromatic N) is 1. The second-order valence-corrected chi connectivity index (χ2v) is 4.64. The Bertz CT molecular complexity index is 263. The lowest BCUT2D eigenvalue weighted by atomic mass is 9.90. The topological polar surface area (TPSA) is 59.6 Å². The molecule has 0 spiro atoms. The molecule has 0 aromatic carbocycles. The van der Waals surface area contributed by atoms with E-state index in [4.69, 9.17) is 10.5 Å². The first kappa shape index (κ1) is 13.0.